The number of nitrogens with one attached hydrogen (secondary N) is 2. The van der Waals surface area contributed by atoms with Crippen LogP contribution in [0.3, 0.4) is 0 Å². The fraction of sp³-hybridized carbons (Fsp3) is 0.235. The van der Waals surface area contributed by atoms with Crippen LogP contribution in [0.2, 0.25) is 0 Å². The highest BCUT2D eigenvalue weighted by atomic mass is 16.2. The predicted octanol–water partition coefficient (Wildman–Crippen LogP) is 2.70. The van der Waals surface area contributed by atoms with Gasteiger partial charge in [0, 0.05) is 18.7 Å². The Balaban J connectivity index is 1.40. The highest BCUT2D eigenvalue weighted by Crippen LogP contribution is 2.18. The number of urea groups is 1. The van der Waals surface area contributed by atoms with E-state index >= 15 is 0 Å². The van der Waals surface area contributed by atoms with E-state index in [1.165, 1.54) is 0 Å². The summed E-state index contributed by atoms with van der Waals surface area (Å²) in [5.74, 6) is 1.82. The molecule has 6 nitrogen and oxygen atoms in total. The van der Waals surface area contributed by atoms with Crippen molar-refractivity contribution in [1.82, 2.24) is 20.1 Å². The molecule has 2 heterocycles. The molecular formula is C17H17N5O. The summed E-state index contributed by atoms with van der Waals surface area (Å²) < 4.78 is 2.08. The van der Waals surface area contributed by atoms with Gasteiger partial charge in [-0.15, -0.1) is 10.2 Å². The van der Waals surface area contributed by atoms with Crippen LogP contribution in [-0.4, -0.2) is 20.8 Å². The molecule has 1 aliphatic heterocycles. The molecule has 3 aromatic rings. The van der Waals surface area contributed by atoms with Crippen molar-refractivity contribution in [3.63, 3.8) is 0 Å². The fourth-order valence-electron chi connectivity index (χ4n) is 2.94. The molecule has 4 rings (SSSR count). The van der Waals surface area contributed by atoms with Crippen LogP contribution in [0.25, 0.3) is 10.8 Å². The molecule has 2 N–H and O–H groups in total. The maximum Gasteiger partial charge on any atom is 0.319 e. The number of amides is 2. The molecule has 0 aliphatic carbocycles. The molecule has 0 spiro atoms. The highest BCUT2D eigenvalue weighted by molar-refractivity contribution is 5.93. The van der Waals surface area contributed by atoms with Crippen molar-refractivity contribution in [3.8, 4) is 0 Å². The Morgan fingerprint density at radius 3 is 2.91 bits per heavy atom. The molecule has 0 atom stereocenters. The van der Waals surface area contributed by atoms with Crippen LogP contribution in [-0.2, 0) is 19.5 Å². The molecule has 23 heavy (non-hydrogen) atoms. The SMILES string of the molecule is O=C(NCc1nnc2n1CCC2)Nc1ccc2ccccc2c1. The molecule has 2 aromatic carbocycles. The van der Waals surface area contributed by atoms with Crippen LogP contribution < -0.4 is 10.6 Å². The van der Waals surface area contributed by atoms with Crippen LogP contribution in [0.4, 0.5) is 10.5 Å². The lowest BCUT2D eigenvalue weighted by atomic mass is 10.1. The van der Waals surface area contributed by atoms with E-state index in [0.717, 1.165) is 47.5 Å². The van der Waals surface area contributed by atoms with E-state index in [9.17, 15) is 4.79 Å². The van der Waals surface area contributed by atoms with Crippen LogP contribution >= 0.6 is 0 Å². The van der Waals surface area contributed by atoms with Gasteiger partial charge in [-0.3, -0.25) is 0 Å². The minimum atomic E-state index is -0.240. The molecule has 2 amide bonds. The third-order valence-electron chi connectivity index (χ3n) is 4.10. The number of nitrogens with zero attached hydrogens (tertiary/aromatic N) is 3. The minimum Gasteiger partial charge on any atom is -0.331 e. The zero-order chi connectivity index (χ0) is 15.6. The zero-order valence-corrected chi connectivity index (χ0v) is 12.6. The monoisotopic (exact) mass is 307 g/mol. The van der Waals surface area contributed by atoms with Crippen molar-refractivity contribution in [3.05, 3.63) is 54.1 Å². The Kier molecular flexibility index (Phi) is 3.42. The average molecular weight is 307 g/mol. The molecule has 0 unspecified atom stereocenters. The number of hydrogen-bond donors (Lipinski definition) is 2. The van der Waals surface area contributed by atoms with Gasteiger partial charge < -0.3 is 15.2 Å². The van der Waals surface area contributed by atoms with Gasteiger partial charge in [0.15, 0.2) is 5.82 Å². The molecule has 6 heteroatoms. The second-order valence-corrected chi connectivity index (χ2v) is 5.66. The van der Waals surface area contributed by atoms with Gasteiger partial charge >= 0.3 is 6.03 Å². The lowest BCUT2D eigenvalue weighted by Gasteiger charge is -2.08. The quantitative estimate of drug-likeness (QED) is 0.781. The Hall–Kier alpha value is -2.89. The molecule has 1 aromatic heterocycles. The van der Waals surface area contributed by atoms with Gasteiger partial charge in [-0.1, -0.05) is 30.3 Å². The first-order valence-corrected chi connectivity index (χ1v) is 7.74. The number of hydrogen-bond acceptors (Lipinski definition) is 3. The van der Waals surface area contributed by atoms with E-state index in [1.807, 2.05) is 42.5 Å². The predicted molar refractivity (Wildman–Crippen MR) is 88.1 cm³/mol. The van der Waals surface area contributed by atoms with Crippen molar-refractivity contribution >= 4 is 22.5 Å². The second-order valence-electron chi connectivity index (χ2n) is 5.66. The Morgan fingerprint density at radius 2 is 2.00 bits per heavy atom. The van der Waals surface area contributed by atoms with Crippen molar-refractivity contribution in [2.24, 2.45) is 0 Å². The molecule has 0 radical (unpaired) electrons. The van der Waals surface area contributed by atoms with E-state index in [0.29, 0.717) is 6.54 Å². The molecule has 1 aliphatic rings. The topological polar surface area (TPSA) is 71.8 Å². The van der Waals surface area contributed by atoms with Crippen molar-refractivity contribution in [2.45, 2.75) is 25.9 Å². The summed E-state index contributed by atoms with van der Waals surface area (Å²) in [6, 6.07) is 13.7. The number of carbonyl (C=O) groups is 1. The van der Waals surface area contributed by atoms with E-state index in [1.54, 1.807) is 0 Å². The van der Waals surface area contributed by atoms with E-state index < -0.39 is 0 Å². The van der Waals surface area contributed by atoms with Crippen LogP contribution in [0.5, 0.6) is 0 Å². The number of anilines is 1. The Morgan fingerprint density at radius 1 is 1.13 bits per heavy atom. The summed E-state index contributed by atoms with van der Waals surface area (Å²) in [5.41, 5.74) is 0.771. The van der Waals surface area contributed by atoms with Gasteiger partial charge in [-0.05, 0) is 29.3 Å². The van der Waals surface area contributed by atoms with Crippen LogP contribution in [0, 0.1) is 0 Å². The standard InChI is InChI=1S/C17H17N5O/c23-17(18-11-16-21-20-15-6-3-9-22(15)16)19-14-8-7-12-4-1-2-5-13(12)10-14/h1-2,4-5,7-8,10H,3,6,9,11H2,(H2,18,19,23). The first-order valence-electron chi connectivity index (χ1n) is 7.74. The summed E-state index contributed by atoms with van der Waals surface area (Å²) in [5, 5.41) is 16.2. The number of aryl methyl sites for hydroxylation is 1. The van der Waals surface area contributed by atoms with Gasteiger partial charge in [-0.2, -0.15) is 0 Å². The van der Waals surface area contributed by atoms with Crippen molar-refractivity contribution < 1.29 is 4.79 Å². The number of rotatable bonds is 3. The van der Waals surface area contributed by atoms with E-state index in [4.69, 9.17) is 0 Å². The summed E-state index contributed by atoms with van der Waals surface area (Å²) in [4.78, 5) is 12.1. The summed E-state index contributed by atoms with van der Waals surface area (Å²) >= 11 is 0. The highest BCUT2D eigenvalue weighted by Gasteiger charge is 2.17. The van der Waals surface area contributed by atoms with Crippen molar-refractivity contribution in [1.29, 1.82) is 0 Å². The maximum atomic E-state index is 12.1. The second kappa shape index (κ2) is 5.72. The molecule has 0 fully saturated rings. The minimum absolute atomic E-state index is 0.240. The number of benzene rings is 2. The third-order valence-corrected chi connectivity index (χ3v) is 4.10. The molecule has 116 valence electrons. The van der Waals surface area contributed by atoms with Gasteiger partial charge in [0.05, 0.1) is 6.54 Å². The van der Waals surface area contributed by atoms with Gasteiger partial charge in [0.1, 0.15) is 5.82 Å². The molecular weight excluding hydrogens is 290 g/mol. The fourth-order valence-corrected chi connectivity index (χ4v) is 2.94. The first-order chi connectivity index (χ1) is 11.3. The van der Waals surface area contributed by atoms with Gasteiger partial charge in [0.25, 0.3) is 0 Å². The number of aromatic nitrogens is 3. The van der Waals surface area contributed by atoms with Crippen LogP contribution in [0.15, 0.2) is 42.5 Å². The van der Waals surface area contributed by atoms with E-state index in [2.05, 4.69) is 25.4 Å². The maximum absolute atomic E-state index is 12.1. The van der Waals surface area contributed by atoms with Gasteiger partial charge in [-0.25, -0.2) is 4.79 Å². The third kappa shape index (κ3) is 2.75. The molecule has 0 saturated heterocycles. The van der Waals surface area contributed by atoms with Gasteiger partial charge in [0.2, 0.25) is 0 Å². The number of fused-ring (bicyclic) bond motifs is 2. The Bertz CT molecular complexity index is 870. The first kappa shape index (κ1) is 13.8. The number of carbonyl (C=O) groups excluding carboxylic acids is 1. The summed E-state index contributed by atoms with van der Waals surface area (Å²) in [6.45, 7) is 1.32. The average Bonchev–Trinajstić information content (AvgIpc) is 3.16. The molecule has 0 bridgehead atoms. The van der Waals surface area contributed by atoms with Crippen molar-refractivity contribution in [2.75, 3.05) is 5.32 Å². The lowest BCUT2D eigenvalue weighted by molar-refractivity contribution is 0.251. The van der Waals surface area contributed by atoms with E-state index in [-0.39, 0.29) is 6.03 Å². The smallest absolute Gasteiger partial charge is 0.319 e. The summed E-state index contributed by atoms with van der Waals surface area (Å²) in [7, 11) is 0. The summed E-state index contributed by atoms with van der Waals surface area (Å²) in [6.07, 6.45) is 2.07. The largest absolute Gasteiger partial charge is 0.331 e. The zero-order valence-electron chi connectivity index (χ0n) is 12.6. The lowest BCUT2D eigenvalue weighted by Crippen LogP contribution is -2.29. The van der Waals surface area contributed by atoms with Crippen LogP contribution in [0.1, 0.15) is 18.1 Å². The normalized spacial score (nSPS) is 13.0. The molecule has 0 saturated carbocycles. The Labute approximate surface area is 133 Å².